The Labute approximate surface area is 126 Å². The van der Waals surface area contributed by atoms with Crippen molar-refractivity contribution in [3.63, 3.8) is 0 Å². The number of aromatic nitrogens is 3. The molecule has 0 fully saturated rings. The van der Waals surface area contributed by atoms with E-state index in [1.807, 2.05) is 17.6 Å². The van der Waals surface area contributed by atoms with Crippen LogP contribution >= 0.6 is 11.3 Å². The summed E-state index contributed by atoms with van der Waals surface area (Å²) in [6, 6.07) is 4.11. The Bertz CT molecular complexity index is 794. The Hall–Kier alpha value is -2.05. The molecule has 0 radical (unpaired) electrons. The first kappa shape index (κ1) is 12.7. The Balaban J connectivity index is 1.87. The molecular weight excluding hydrogens is 282 g/mol. The van der Waals surface area contributed by atoms with Crippen LogP contribution in [-0.4, -0.2) is 15.0 Å². The van der Waals surface area contributed by atoms with E-state index in [0.717, 1.165) is 45.7 Å². The number of fused-ring (bicyclic) bond motifs is 2. The molecule has 106 valence electrons. The molecule has 0 aromatic carbocycles. The highest BCUT2D eigenvalue weighted by atomic mass is 32.1. The van der Waals surface area contributed by atoms with Gasteiger partial charge in [-0.1, -0.05) is 0 Å². The van der Waals surface area contributed by atoms with Gasteiger partial charge in [-0.2, -0.15) is 0 Å². The van der Waals surface area contributed by atoms with Crippen molar-refractivity contribution in [2.24, 2.45) is 5.84 Å². The van der Waals surface area contributed by atoms with Gasteiger partial charge in [-0.3, -0.25) is 4.98 Å². The third-order valence-electron chi connectivity index (χ3n) is 3.88. The summed E-state index contributed by atoms with van der Waals surface area (Å²) in [5.41, 5.74) is 6.96. The minimum Gasteiger partial charge on any atom is -0.308 e. The Kier molecular flexibility index (Phi) is 3.05. The summed E-state index contributed by atoms with van der Waals surface area (Å²) in [6.07, 6.45) is 6.17. The number of thiophene rings is 1. The van der Waals surface area contributed by atoms with Gasteiger partial charge in [0.1, 0.15) is 5.82 Å². The lowest BCUT2D eigenvalue weighted by Crippen LogP contribution is -2.17. The maximum absolute atomic E-state index is 5.64. The second-order valence-corrected chi connectivity index (χ2v) is 6.15. The van der Waals surface area contributed by atoms with Gasteiger partial charge in [0.25, 0.3) is 0 Å². The van der Waals surface area contributed by atoms with Gasteiger partial charge < -0.3 is 5.43 Å². The van der Waals surface area contributed by atoms with Gasteiger partial charge in [-0.05, 0) is 43.2 Å². The topological polar surface area (TPSA) is 76.7 Å². The summed E-state index contributed by atoms with van der Waals surface area (Å²) in [5.74, 6) is 7.09. The van der Waals surface area contributed by atoms with Crippen LogP contribution in [0.25, 0.3) is 21.6 Å². The van der Waals surface area contributed by atoms with Crippen LogP contribution in [0.1, 0.15) is 24.1 Å². The average molecular weight is 297 g/mol. The third kappa shape index (κ3) is 2.16. The number of nitrogens with zero attached hydrogens (tertiary/aromatic N) is 3. The quantitative estimate of drug-likeness (QED) is 0.562. The number of hydrazine groups is 1. The number of aryl methyl sites for hydroxylation is 1. The molecule has 3 aromatic rings. The van der Waals surface area contributed by atoms with Crippen molar-refractivity contribution in [3.05, 3.63) is 35.0 Å². The summed E-state index contributed by atoms with van der Waals surface area (Å²) in [5, 5.41) is 2.04. The molecule has 0 unspecified atom stereocenters. The fourth-order valence-corrected chi connectivity index (χ4v) is 3.59. The molecule has 6 heteroatoms. The molecule has 0 bridgehead atoms. The maximum Gasteiger partial charge on any atom is 0.163 e. The summed E-state index contributed by atoms with van der Waals surface area (Å²) in [7, 11) is 0. The molecule has 0 saturated carbocycles. The van der Waals surface area contributed by atoms with Gasteiger partial charge >= 0.3 is 0 Å². The van der Waals surface area contributed by atoms with Crippen molar-refractivity contribution in [2.75, 3.05) is 5.43 Å². The van der Waals surface area contributed by atoms with E-state index in [9.17, 15) is 0 Å². The number of hydrogen-bond acceptors (Lipinski definition) is 6. The molecule has 0 spiro atoms. The predicted octanol–water partition coefficient (Wildman–Crippen LogP) is 2.92. The molecule has 3 N–H and O–H groups in total. The first-order valence-electron chi connectivity index (χ1n) is 7.05. The molecular formula is C15H15N5S. The molecule has 4 rings (SSSR count). The predicted molar refractivity (Wildman–Crippen MR) is 85.1 cm³/mol. The highest BCUT2D eigenvalue weighted by Crippen LogP contribution is 2.29. The van der Waals surface area contributed by atoms with Crippen molar-refractivity contribution in [3.8, 4) is 11.4 Å². The second-order valence-electron chi connectivity index (χ2n) is 5.20. The monoisotopic (exact) mass is 297 g/mol. The van der Waals surface area contributed by atoms with E-state index in [1.54, 1.807) is 11.3 Å². The second kappa shape index (κ2) is 5.05. The molecule has 0 saturated heterocycles. The van der Waals surface area contributed by atoms with E-state index < -0.39 is 0 Å². The highest BCUT2D eigenvalue weighted by molar-refractivity contribution is 7.17. The van der Waals surface area contributed by atoms with Gasteiger partial charge in [0, 0.05) is 23.0 Å². The van der Waals surface area contributed by atoms with Crippen LogP contribution in [0.3, 0.4) is 0 Å². The van der Waals surface area contributed by atoms with E-state index >= 15 is 0 Å². The minimum atomic E-state index is 0.700. The lowest BCUT2D eigenvalue weighted by molar-refractivity contribution is 0.665. The van der Waals surface area contributed by atoms with Gasteiger partial charge in [-0.15, -0.1) is 11.3 Å². The average Bonchev–Trinajstić information content (AvgIpc) is 3.01. The van der Waals surface area contributed by atoms with Crippen LogP contribution in [0, 0.1) is 0 Å². The highest BCUT2D eigenvalue weighted by Gasteiger charge is 2.18. The van der Waals surface area contributed by atoms with Crippen molar-refractivity contribution >= 4 is 27.4 Å². The van der Waals surface area contributed by atoms with Gasteiger partial charge in [-0.25, -0.2) is 15.8 Å². The number of nitrogen functional groups attached to an aromatic ring is 1. The standard InChI is InChI=1S/C15H15N5S/c16-20-15-10-3-1-2-4-11(10)18-14(19-15)9-7-13-12(17-8-9)5-6-21-13/h5-8H,1-4,16H2,(H,18,19,20). The van der Waals surface area contributed by atoms with Crippen LogP contribution < -0.4 is 11.3 Å². The molecule has 1 aliphatic carbocycles. The number of nitrogens with two attached hydrogens (primary N) is 1. The Morgan fingerprint density at radius 3 is 3.00 bits per heavy atom. The third-order valence-corrected chi connectivity index (χ3v) is 4.73. The van der Waals surface area contributed by atoms with Crippen LogP contribution in [0.2, 0.25) is 0 Å². The van der Waals surface area contributed by atoms with E-state index in [1.165, 1.54) is 12.8 Å². The molecule has 1 aliphatic rings. The van der Waals surface area contributed by atoms with E-state index in [2.05, 4.69) is 21.5 Å². The molecule has 5 nitrogen and oxygen atoms in total. The molecule has 0 aliphatic heterocycles. The zero-order chi connectivity index (χ0) is 14.2. The molecule has 3 aromatic heterocycles. The molecule has 21 heavy (non-hydrogen) atoms. The van der Waals surface area contributed by atoms with Crippen molar-refractivity contribution < 1.29 is 0 Å². The number of nitrogens with one attached hydrogen (secondary N) is 1. The number of rotatable bonds is 2. The van der Waals surface area contributed by atoms with Crippen LogP contribution in [0.5, 0.6) is 0 Å². The zero-order valence-corrected chi connectivity index (χ0v) is 12.3. The minimum absolute atomic E-state index is 0.700. The molecule has 0 amide bonds. The summed E-state index contributed by atoms with van der Waals surface area (Å²) < 4.78 is 1.15. The Morgan fingerprint density at radius 2 is 2.10 bits per heavy atom. The fourth-order valence-electron chi connectivity index (χ4n) is 2.81. The maximum atomic E-state index is 5.64. The number of hydrogen-bond donors (Lipinski definition) is 2. The SMILES string of the molecule is NNc1nc(-c2cnc3ccsc3c2)nc2c1CCCC2. The zero-order valence-electron chi connectivity index (χ0n) is 11.5. The van der Waals surface area contributed by atoms with Crippen molar-refractivity contribution in [1.29, 1.82) is 0 Å². The summed E-state index contributed by atoms with van der Waals surface area (Å²) in [6.45, 7) is 0. The largest absolute Gasteiger partial charge is 0.308 e. The van der Waals surface area contributed by atoms with E-state index in [0.29, 0.717) is 5.82 Å². The van der Waals surface area contributed by atoms with E-state index in [-0.39, 0.29) is 0 Å². The first-order chi connectivity index (χ1) is 10.3. The Morgan fingerprint density at radius 1 is 1.19 bits per heavy atom. The number of pyridine rings is 1. The molecule has 3 heterocycles. The van der Waals surface area contributed by atoms with Crippen LogP contribution in [-0.2, 0) is 12.8 Å². The lowest BCUT2D eigenvalue weighted by atomic mass is 9.96. The van der Waals surface area contributed by atoms with E-state index in [4.69, 9.17) is 10.8 Å². The van der Waals surface area contributed by atoms with Crippen molar-refractivity contribution in [2.45, 2.75) is 25.7 Å². The van der Waals surface area contributed by atoms with Gasteiger partial charge in [0.05, 0.1) is 10.2 Å². The smallest absolute Gasteiger partial charge is 0.163 e. The lowest BCUT2D eigenvalue weighted by Gasteiger charge is -2.18. The van der Waals surface area contributed by atoms with Gasteiger partial charge in [0.2, 0.25) is 0 Å². The molecule has 0 atom stereocenters. The summed E-state index contributed by atoms with van der Waals surface area (Å²) in [4.78, 5) is 13.8. The fraction of sp³-hybridized carbons (Fsp3) is 0.267. The summed E-state index contributed by atoms with van der Waals surface area (Å²) >= 11 is 1.68. The first-order valence-corrected chi connectivity index (χ1v) is 7.93. The number of anilines is 1. The van der Waals surface area contributed by atoms with Crippen molar-refractivity contribution in [1.82, 2.24) is 15.0 Å². The van der Waals surface area contributed by atoms with Crippen LogP contribution in [0.15, 0.2) is 23.7 Å². The van der Waals surface area contributed by atoms with Gasteiger partial charge in [0.15, 0.2) is 5.82 Å². The van der Waals surface area contributed by atoms with Crippen LogP contribution in [0.4, 0.5) is 5.82 Å². The normalized spacial score (nSPS) is 14.1.